The number of nitrogens with zero attached hydrogens (tertiary/aromatic N) is 4. The van der Waals surface area contributed by atoms with Crippen molar-refractivity contribution in [1.29, 1.82) is 0 Å². The number of thioether (sulfide) groups is 1. The molecular formula is C27H22N4O4S. The fourth-order valence-electron chi connectivity index (χ4n) is 3.93. The number of hydrogen-bond acceptors (Lipinski definition) is 8. The Morgan fingerprint density at radius 3 is 1.94 bits per heavy atom. The van der Waals surface area contributed by atoms with E-state index in [9.17, 15) is 9.59 Å². The van der Waals surface area contributed by atoms with Gasteiger partial charge < -0.3 is 9.47 Å². The van der Waals surface area contributed by atoms with Crippen molar-refractivity contribution >= 4 is 29.3 Å². The van der Waals surface area contributed by atoms with Crippen molar-refractivity contribution in [2.45, 2.75) is 16.8 Å². The molecule has 9 heteroatoms. The van der Waals surface area contributed by atoms with Gasteiger partial charge in [-0.1, -0.05) is 30.0 Å². The second kappa shape index (κ2) is 10.2. The molecule has 0 saturated carbocycles. The summed E-state index contributed by atoms with van der Waals surface area (Å²) in [6.45, 7) is 0. The van der Waals surface area contributed by atoms with Gasteiger partial charge in [0, 0.05) is 17.5 Å². The van der Waals surface area contributed by atoms with Crippen LogP contribution >= 0.6 is 11.8 Å². The van der Waals surface area contributed by atoms with E-state index in [1.165, 1.54) is 4.90 Å². The zero-order chi connectivity index (χ0) is 25.1. The molecule has 3 aromatic carbocycles. The Bertz CT molecular complexity index is 1400. The van der Waals surface area contributed by atoms with Crippen LogP contribution in [0.25, 0.3) is 22.5 Å². The lowest BCUT2D eigenvalue weighted by Gasteiger charge is -2.14. The van der Waals surface area contributed by atoms with Gasteiger partial charge in [0.25, 0.3) is 0 Å². The minimum absolute atomic E-state index is 0.0693. The number of para-hydroxylation sites is 1. The first kappa shape index (κ1) is 23.5. The Labute approximate surface area is 212 Å². The number of hydrogen-bond donors (Lipinski definition) is 0. The Hall–Kier alpha value is -4.24. The maximum Gasteiger partial charge on any atom is 0.247 e. The van der Waals surface area contributed by atoms with Gasteiger partial charge in [0.15, 0.2) is 0 Å². The van der Waals surface area contributed by atoms with Crippen molar-refractivity contribution in [3.05, 3.63) is 78.9 Å². The molecule has 8 nitrogen and oxygen atoms in total. The van der Waals surface area contributed by atoms with Crippen LogP contribution in [0.5, 0.6) is 11.5 Å². The van der Waals surface area contributed by atoms with Crippen molar-refractivity contribution in [2.24, 2.45) is 0 Å². The lowest BCUT2D eigenvalue weighted by Crippen LogP contribution is -2.31. The molecule has 0 N–H and O–H groups in total. The molecule has 180 valence electrons. The number of rotatable bonds is 7. The summed E-state index contributed by atoms with van der Waals surface area (Å²) in [6, 6.07) is 23.9. The van der Waals surface area contributed by atoms with E-state index in [4.69, 9.17) is 14.5 Å². The second-order valence-electron chi connectivity index (χ2n) is 7.96. The van der Waals surface area contributed by atoms with Gasteiger partial charge in [0.05, 0.1) is 19.9 Å². The zero-order valence-corrected chi connectivity index (χ0v) is 20.4. The minimum atomic E-state index is -0.630. The van der Waals surface area contributed by atoms with Gasteiger partial charge in [-0.05, 0) is 60.7 Å². The van der Waals surface area contributed by atoms with Gasteiger partial charge in [0.1, 0.15) is 28.1 Å². The van der Waals surface area contributed by atoms with Crippen molar-refractivity contribution in [1.82, 2.24) is 15.2 Å². The summed E-state index contributed by atoms with van der Waals surface area (Å²) >= 11 is 1.15. The normalized spacial score (nSPS) is 15.3. The van der Waals surface area contributed by atoms with Crippen molar-refractivity contribution in [3.8, 4) is 34.0 Å². The van der Waals surface area contributed by atoms with E-state index in [1.54, 1.807) is 38.5 Å². The predicted octanol–water partition coefficient (Wildman–Crippen LogP) is 4.65. The summed E-state index contributed by atoms with van der Waals surface area (Å²) in [6.07, 6.45) is 0.0693. The summed E-state index contributed by atoms with van der Waals surface area (Å²) in [5.74, 6) is 0.912. The molecule has 2 heterocycles. The topological polar surface area (TPSA) is 94.5 Å². The molecule has 1 saturated heterocycles. The second-order valence-corrected chi connectivity index (χ2v) is 9.13. The number of carbonyl (C=O) groups is 2. The average Bonchev–Trinajstić information content (AvgIpc) is 3.21. The average molecular weight is 499 g/mol. The fraction of sp³-hybridized carbons (Fsp3) is 0.148. The highest BCUT2D eigenvalue weighted by Crippen LogP contribution is 2.35. The minimum Gasteiger partial charge on any atom is -0.497 e. The van der Waals surface area contributed by atoms with Crippen LogP contribution < -0.4 is 14.4 Å². The predicted molar refractivity (Wildman–Crippen MR) is 137 cm³/mol. The van der Waals surface area contributed by atoms with Gasteiger partial charge in [-0.2, -0.15) is 0 Å². The summed E-state index contributed by atoms with van der Waals surface area (Å²) < 4.78 is 10.6. The van der Waals surface area contributed by atoms with Crippen molar-refractivity contribution in [2.75, 3.05) is 19.1 Å². The monoisotopic (exact) mass is 498 g/mol. The number of methoxy groups -OCH3 is 2. The van der Waals surface area contributed by atoms with E-state index in [1.807, 2.05) is 54.6 Å². The van der Waals surface area contributed by atoms with Gasteiger partial charge in [0.2, 0.25) is 17.0 Å². The molecule has 1 unspecified atom stereocenters. The zero-order valence-electron chi connectivity index (χ0n) is 19.6. The molecule has 5 rings (SSSR count). The van der Waals surface area contributed by atoms with Crippen LogP contribution in [0.4, 0.5) is 5.69 Å². The molecule has 0 spiro atoms. The van der Waals surface area contributed by atoms with Crippen LogP contribution in [0.15, 0.2) is 84.0 Å². The molecule has 1 aliphatic heterocycles. The quantitative estimate of drug-likeness (QED) is 0.340. The molecule has 0 bridgehead atoms. The largest absolute Gasteiger partial charge is 0.497 e. The Balaban J connectivity index is 1.48. The molecule has 36 heavy (non-hydrogen) atoms. The number of imide groups is 1. The number of benzene rings is 3. The molecule has 1 aliphatic rings. The molecule has 0 radical (unpaired) electrons. The summed E-state index contributed by atoms with van der Waals surface area (Å²) in [5, 5.41) is 8.46. The molecule has 1 aromatic heterocycles. The Morgan fingerprint density at radius 1 is 0.778 bits per heavy atom. The van der Waals surface area contributed by atoms with Crippen LogP contribution in [0.1, 0.15) is 6.42 Å². The Morgan fingerprint density at radius 2 is 1.36 bits per heavy atom. The van der Waals surface area contributed by atoms with E-state index < -0.39 is 5.25 Å². The summed E-state index contributed by atoms with van der Waals surface area (Å²) in [7, 11) is 3.22. The van der Waals surface area contributed by atoms with E-state index in [2.05, 4.69) is 10.2 Å². The number of carbonyl (C=O) groups excluding carboxylic acids is 2. The van der Waals surface area contributed by atoms with Gasteiger partial charge >= 0.3 is 0 Å². The summed E-state index contributed by atoms with van der Waals surface area (Å²) in [5.41, 5.74) is 3.39. The SMILES string of the molecule is COc1ccc(-c2nnc(SC3CC(=O)N(c4ccccc4)C3=O)nc2-c2ccc(OC)cc2)cc1. The number of anilines is 1. The van der Waals surface area contributed by atoms with Crippen LogP contribution in [-0.2, 0) is 9.59 Å². The summed E-state index contributed by atoms with van der Waals surface area (Å²) in [4.78, 5) is 31.7. The third kappa shape index (κ3) is 4.65. The van der Waals surface area contributed by atoms with Crippen LogP contribution in [0.2, 0.25) is 0 Å². The van der Waals surface area contributed by atoms with Crippen LogP contribution in [-0.4, -0.2) is 46.5 Å². The standard InChI is InChI=1S/C27H22N4O4S/c1-34-20-12-8-17(9-13-20)24-25(18-10-14-21(35-2)15-11-18)29-30-27(28-24)36-22-16-23(32)31(26(22)33)19-6-4-3-5-7-19/h3-15,22H,16H2,1-2H3. The highest BCUT2D eigenvalue weighted by Gasteiger charge is 2.40. The lowest BCUT2D eigenvalue weighted by molar-refractivity contribution is -0.121. The maximum atomic E-state index is 13.1. The third-order valence-corrected chi connectivity index (χ3v) is 6.80. The van der Waals surface area contributed by atoms with Gasteiger partial charge in [-0.15, -0.1) is 10.2 Å². The van der Waals surface area contributed by atoms with E-state index >= 15 is 0 Å². The lowest BCUT2D eigenvalue weighted by atomic mass is 10.0. The van der Waals surface area contributed by atoms with Gasteiger partial charge in [-0.3, -0.25) is 9.59 Å². The molecule has 4 aromatic rings. The smallest absolute Gasteiger partial charge is 0.247 e. The van der Waals surface area contributed by atoms with E-state index in [0.29, 0.717) is 22.2 Å². The van der Waals surface area contributed by atoms with Gasteiger partial charge in [-0.25, -0.2) is 9.88 Å². The van der Waals surface area contributed by atoms with Crippen LogP contribution in [0.3, 0.4) is 0 Å². The first-order valence-corrected chi connectivity index (χ1v) is 12.1. The number of amides is 2. The maximum absolute atomic E-state index is 13.1. The fourth-order valence-corrected chi connectivity index (χ4v) is 4.84. The van der Waals surface area contributed by atoms with Crippen molar-refractivity contribution in [3.63, 3.8) is 0 Å². The molecule has 1 atom stereocenters. The molecule has 0 aliphatic carbocycles. The Kier molecular flexibility index (Phi) is 6.64. The van der Waals surface area contributed by atoms with E-state index in [0.717, 1.165) is 34.4 Å². The first-order chi connectivity index (χ1) is 17.6. The van der Waals surface area contributed by atoms with E-state index in [-0.39, 0.29) is 18.2 Å². The van der Waals surface area contributed by atoms with Crippen molar-refractivity contribution < 1.29 is 19.1 Å². The first-order valence-electron chi connectivity index (χ1n) is 11.2. The number of ether oxygens (including phenoxy) is 2. The number of aromatic nitrogens is 3. The molecule has 1 fully saturated rings. The highest BCUT2D eigenvalue weighted by atomic mass is 32.2. The third-order valence-electron chi connectivity index (χ3n) is 5.76. The van der Waals surface area contributed by atoms with Crippen LogP contribution in [0, 0.1) is 0 Å². The highest BCUT2D eigenvalue weighted by molar-refractivity contribution is 8.00. The molecule has 2 amide bonds. The molecular weight excluding hydrogens is 476 g/mol.